The molecule has 4 fully saturated rings. The molecule has 5 heteroatoms. The van der Waals surface area contributed by atoms with Crippen LogP contribution in [-0.4, -0.2) is 23.4 Å². The minimum Gasteiger partial charge on any atom is -0.461 e. The first-order chi connectivity index (χ1) is 17.0. The molecule has 5 aliphatic carbocycles. The van der Waals surface area contributed by atoms with E-state index in [2.05, 4.69) is 51.2 Å². The summed E-state index contributed by atoms with van der Waals surface area (Å²) in [5.41, 5.74) is 5.76. The normalized spacial score (nSPS) is 49.6. The van der Waals surface area contributed by atoms with Crippen molar-refractivity contribution in [3.63, 3.8) is 0 Å². The van der Waals surface area contributed by atoms with E-state index >= 15 is 0 Å². The smallest absolute Gasteiger partial charge is 0.302 e. The number of carbonyl (C=O) groups excluding carboxylic acids is 1. The average molecular weight is 504 g/mol. The third-order valence-corrected chi connectivity index (χ3v) is 12.4. The monoisotopic (exact) mass is 503 g/mol. The summed E-state index contributed by atoms with van der Waals surface area (Å²) in [4.78, 5) is 16.3. The van der Waals surface area contributed by atoms with Crippen LogP contribution in [0, 0.1) is 45.3 Å². The van der Waals surface area contributed by atoms with Crippen LogP contribution in [-0.2, 0) is 14.5 Å². The molecule has 0 aromatic carbocycles. The average Bonchev–Trinajstić information content (AvgIpc) is 2.82. The van der Waals surface area contributed by atoms with E-state index in [0.29, 0.717) is 17.3 Å². The molecule has 0 aliphatic heterocycles. The maximum Gasteiger partial charge on any atom is 0.302 e. The SMILES string of the molecule is CC.CC(=O)OC1CCC2(C)C(CCC3(C)C2CC=C2C4C(C)CCCC4(C)CC[C@]23C)C1NOO. The van der Waals surface area contributed by atoms with Crippen LogP contribution >= 0.6 is 0 Å². The predicted molar refractivity (Wildman–Crippen MR) is 144 cm³/mol. The third-order valence-electron chi connectivity index (χ3n) is 12.4. The van der Waals surface area contributed by atoms with E-state index in [0.717, 1.165) is 37.5 Å². The maximum absolute atomic E-state index is 11.8. The Bertz CT molecular complexity index is 858. The molecule has 10 atom stereocenters. The zero-order valence-electron chi connectivity index (χ0n) is 24.3. The molecule has 0 heterocycles. The van der Waals surface area contributed by atoms with Gasteiger partial charge in [0.1, 0.15) is 6.10 Å². The molecule has 0 spiro atoms. The lowest BCUT2D eigenvalue weighted by atomic mass is 9.35. The summed E-state index contributed by atoms with van der Waals surface area (Å²) in [6, 6.07) is -0.177. The summed E-state index contributed by atoms with van der Waals surface area (Å²) < 4.78 is 5.69. The summed E-state index contributed by atoms with van der Waals surface area (Å²) in [7, 11) is 0. The highest BCUT2D eigenvalue weighted by atomic mass is 17.2. The second-order valence-corrected chi connectivity index (χ2v) is 13.8. The van der Waals surface area contributed by atoms with Crippen LogP contribution in [0.2, 0.25) is 0 Å². The molecule has 5 nitrogen and oxygen atoms in total. The number of rotatable bonds is 3. The van der Waals surface area contributed by atoms with Gasteiger partial charge in [0.25, 0.3) is 0 Å². The van der Waals surface area contributed by atoms with Crippen molar-refractivity contribution in [2.45, 2.75) is 132 Å². The first-order valence-corrected chi connectivity index (χ1v) is 14.9. The van der Waals surface area contributed by atoms with Gasteiger partial charge in [0.15, 0.2) is 0 Å². The van der Waals surface area contributed by atoms with E-state index < -0.39 is 0 Å². The van der Waals surface area contributed by atoms with Crippen LogP contribution in [0.3, 0.4) is 0 Å². The van der Waals surface area contributed by atoms with Crippen molar-refractivity contribution >= 4 is 5.97 Å². The molecule has 4 saturated carbocycles. The first-order valence-electron chi connectivity index (χ1n) is 14.9. The van der Waals surface area contributed by atoms with Gasteiger partial charge >= 0.3 is 5.97 Å². The molecule has 5 aliphatic rings. The van der Waals surface area contributed by atoms with Crippen molar-refractivity contribution in [2.24, 2.45) is 45.3 Å². The van der Waals surface area contributed by atoms with Gasteiger partial charge in [0.2, 0.25) is 0 Å². The van der Waals surface area contributed by atoms with Crippen LogP contribution in [0.25, 0.3) is 0 Å². The maximum atomic E-state index is 11.8. The van der Waals surface area contributed by atoms with Crippen LogP contribution in [0.1, 0.15) is 120 Å². The standard InChI is InChI=1S/C29H47NO4.C2H6/c1-18-8-7-13-26(3)16-17-28(5)20(24(18)26)9-10-23-27(4)14-12-22(33-19(2)31)25(30-34-32)21(27)11-15-29(23,28)6;1-2/h9,18,21-25,30,32H,7-8,10-17H2,1-6H3;1-2H3/t18?,21?,22?,23?,24?,25?,26?,27?,28-,29?;/m1./s1. The zero-order chi connectivity index (χ0) is 26.5. The molecule has 0 aromatic heterocycles. The Morgan fingerprint density at radius 2 is 1.75 bits per heavy atom. The molecule has 0 saturated heterocycles. The largest absolute Gasteiger partial charge is 0.461 e. The minimum atomic E-state index is -0.261. The number of ether oxygens (including phenoxy) is 1. The van der Waals surface area contributed by atoms with Gasteiger partial charge in [0.05, 0.1) is 6.04 Å². The van der Waals surface area contributed by atoms with Crippen molar-refractivity contribution < 1.29 is 19.8 Å². The second kappa shape index (κ2) is 10.0. The van der Waals surface area contributed by atoms with Crippen LogP contribution in [0.4, 0.5) is 0 Å². The van der Waals surface area contributed by atoms with Gasteiger partial charge < -0.3 is 4.74 Å². The lowest BCUT2D eigenvalue weighted by molar-refractivity contribution is -0.316. The van der Waals surface area contributed by atoms with Gasteiger partial charge in [-0.25, -0.2) is 5.26 Å². The molecule has 2 N–H and O–H groups in total. The molecular formula is C31H53NO4. The Morgan fingerprint density at radius 3 is 2.42 bits per heavy atom. The van der Waals surface area contributed by atoms with E-state index in [-0.39, 0.29) is 34.4 Å². The Balaban J connectivity index is 0.00000148. The first kappa shape index (κ1) is 28.1. The fraction of sp³-hybridized carbons (Fsp3) is 0.903. The molecule has 36 heavy (non-hydrogen) atoms. The van der Waals surface area contributed by atoms with Crippen molar-refractivity contribution in [2.75, 3.05) is 0 Å². The number of esters is 1. The zero-order valence-corrected chi connectivity index (χ0v) is 24.3. The van der Waals surface area contributed by atoms with Crippen molar-refractivity contribution in [3.8, 4) is 0 Å². The quantitative estimate of drug-likeness (QED) is 0.179. The highest BCUT2D eigenvalue weighted by molar-refractivity contribution is 5.66. The highest BCUT2D eigenvalue weighted by Gasteiger charge is 2.67. The van der Waals surface area contributed by atoms with Gasteiger partial charge in [-0.05, 0) is 96.7 Å². The number of fused-ring (bicyclic) bond motifs is 7. The molecule has 206 valence electrons. The number of hydrogen-bond donors (Lipinski definition) is 2. The highest BCUT2D eigenvalue weighted by Crippen LogP contribution is 2.74. The van der Waals surface area contributed by atoms with Crippen molar-refractivity contribution in [1.82, 2.24) is 5.48 Å². The Hall–Kier alpha value is -0.910. The van der Waals surface area contributed by atoms with Crippen LogP contribution in [0.5, 0.6) is 0 Å². The fourth-order valence-electron chi connectivity index (χ4n) is 10.6. The van der Waals surface area contributed by atoms with E-state index in [1.807, 2.05) is 13.8 Å². The van der Waals surface area contributed by atoms with Gasteiger partial charge in [-0.3, -0.25) is 4.79 Å². The van der Waals surface area contributed by atoms with Crippen LogP contribution in [0.15, 0.2) is 11.6 Å². The lowest BCUT2D eigenvalue weighted by Crippen LogP contribution is -2.66. The molecule has 0 bridgehead atoms. The topological polar surface area (TPSA) is 67.8 Å². The molecule has 0 radical (unpaired) electrons. The summed E-state index contributed by atoms with van der Waals surface area (Å²) in [6.07, 6.45) is 14.5. The summed E-state index contributed by atoms with van der Waals surface area (Å²) in [6.45, 7) is 18.3. The van der Waals surface area contributed by atoms with E-state index in [4.69, 9.17) is 4.74 Å². The number of hydroxylamine groups is 1. The Morgan fingerprint density at radius 1 is 1.03 bits per heavy atom. The van der Waals surface area contributed by atoms with E-state index in [1.54, 1.807) is 5.57 Å². The van der Waals surface area contributed by atoms with Crippen molar-refractivity contribution in [1.29, 1.82) is 0 Å². The fourth-order valence-corrected chi connectivity index (χ4v) is 10.6. The Labute approximate surface area is 220 Å². The number of allylic oxidation sites excluding steroid dienone is 2. The predicted octanol–water partition coefficient (Wildman–Crippen LogP) is 7.71. The van der Waals surface area contributed by atoms with Gasteiger partial charge in [0, 0.05) is 6.92 Å². The van der Waals surface area contributed by atoms with Gasteiger partial charge in [-0.1, -0.05) is 73.0 Å². The molecule has 9 unspecified atom stereocenters. The summed E-state index contributed by atoms with van der Waals surface area (Å²) in [5, 5.41) is 9.32. The molecule has 5 rings (SSSR count). The lowest BCUT2D eigenvalue weighted by Gasteiger charge is -2.70. The second-order valence-electron chi connectivity index (χ2n) is 13.8. The third kappa shape index (κ3) is 4.02. The van der Waals surface area contributed by atoms with Gasteiger partial charge in [-0.15, -0.1) is 4.99 Å². The number of carbonyl (C=O) groups is 1. The molecule has 0 aromatic rings. The summed E-state index contributed by atoms with van der Waals surface area (Å²) in [5.74, 6) is 2.14. The molecular weight excluding hydrogens is 450 g/mol. The minimum absolute atomic E-state index is 0.115. The van der Waals surface area contributed by atoms with E-state index in [1.165, 1.54) is 45.4 Å². The van der Waals surface area contributed by atoms with Crippen LogP contribution < -0.4 is 5.48 Å². The number of nitrogens with one attached hydrogen (secondary N) is 1. The Kier molecular flexibility index (Phi) is 7.81. The number of hydrogen-bond acceptors (Lipinski definition) is 5. The van der Waals surface area contributed by atoms with Crippen molar-refractivity contribution in [3.05, 3.63) is 11.6 Å². The molecule has 0 amide bonds. The van der Waals surface area contributed by atoms with E-state index in [9.17, 15) is 10.1 Å². The van der Waals surface area contributed by atoms with Gasteiger partial charge in [-0.2, -0.15) is 5.48 Å². The summed E-state index contributed by atoms with van der Waals surface area (Å²) >= 11 is 0.